The van der Waals surface area contributed by atoms with E-state index in [-0.39, 0.29) is 12.0 Å². The smallest absolute Gasteiger partial charge is 0.338 e. The molecule has 14 heavy (non-hydrogen) atoms. The van der Waals surface area contributed by atoms with Crippen LogP contribution in [-0.4, -0.2) is 13.1 Å². The number of hydrogen-bond acceptors (Lipinski definition) is 3. The highest BCUT2D eigenvalue weighted by Gasteiger charge is 2.24. The lowest BCUT2D eigenvalue weighted by atomic mass is 9.99. The monoisotopic (exact) mass is 191 g/mol. The number of ether oxygens (including phenoxy) is 1. The molecule has 0 aromatic heterocycles. The maximum absolute atomic E-state index is 11.5. The standard InChI is InChI=1S/C11H13NO2/c1-7-10-8(6-12-7)4-3-5-9(10)11(13)14-2/h3-5,7,12H,6H2,1-2H3/t7-/m1/s1. The van der Waals surface area contributed by atoms with E-state index in [2.05, 4.69) is 12.2 Å². The third-order valence-corrected chi connectivity index (χ3v) is 2.63. The first-order chi connectivity index (χ1) is 6.74. The van der Waals surface area contributed by atoms with Gasteiger partial charge >= 0.3 is 5.97 Å². The van der Waals surface area contributed by atoms with Crippen molar-refractivity contribution in [3.63, 3.8) is 0 Å². The largest absolute Gasteiger partial charge is 0.465 e. The Morgan fingerprint density at radius 3 is 3.07 bits per heavy atom. The summed E-state index contributed by atoms with van der Waals surface area (Å²) in [4.78, 5) is 11.5. The van der Waals surface area contributed by atoms with Crippen molar-refractivity contribution in [1.29, 1.82) is 0 Å². The van der Waals surface area contributed by atoms with Gasteiger partial charge in [0.1, 0.15) is 0 Å². The lowest BCUT2D eigenvalue weighted by molar-refractivity contribution is 0.0599. The van der Waals surface area contributed by atoms with Crippen molar-refractivity contribution >= 4 is 5.97 Å². The van der Waals surface area contributed by atoms with Gasteiger partial charge in [-0.25, -0.2) is 4.79 Å². The molecule has 3 heteroatoms. The summed E-state index contributed by atoms with van der Waals surface area (Å²) in [5, 5.41) is 3.30. The second-order valence-corrected chi connectivity index (χ2v) is 3.47. The van der Waals surface area contributed by atoms with Crippen LogP contribution in [0.5, 0.6) is 0 Å². The molecular weight excluding hydrogens is 178 g/mol. The van der Waals surface area contributed by atoms with Crippen LogP contribution in [0.2, 0.25) is 0 Å². The van der Waals surface area contributed by atoms with E-state index >= 15 is 0 Å². The van der Waals surface area contributed by atoms with Crippen LogP contribution in [-0.2, 0) is 11.3 Å². The van der Waals surface area contributed by atoms with Crippen LogP contribution < -0.4 is 5.32 Å². The number of fused-ring (bicyclic) bond motifs is 1. The van der Waals surface area contributed by atoms with Gasteiger partial charge in [0, 0.05) is 12.6 Å². The molecule has 1 atom stereocenters. The first kappa shape index (κ1) is 9.21. The fraction of sp³-hybridized carbons (Fsp3) is 0.364. The summed E-state index contributed by atoms with van der Waals surface area (Å²) in [7, 11) is 1.41. The minimum Gasteiger partial charge on any atom is -0.465 e. The van der Waals surface area contributed by atoms with Crippen LogP contribution in [0.3, 0.4) is 0 Å². The molecule has 1 aromatic carbocycles. The minimum absolute atomic E-state index is 0.236. The topological polar surface area (TPSA) is 38.3 Å². The summed E-state index contributed by atoms with van der Waals surface area (Å²) in [6, 6.07) is 5.98. The number of hydrogen-bond donors (Lipinski definition) is 1. The maximum Gasteiger partial charge on any atom is 0.338 e. The van der Waals surface area contributed by atoms with Crippen molar-refractivity contribution in [2.24, 2.45) is 0 Å². The number of nitrogens with one attached hydrogen (secondary N) is 1. The molecule has 0 saturated carbocycles. The minimum atomic E-state index is -0.252. The Morgan fingerprint density at radius 1 is 1.57 bits per heavy atom. The number of esters is 1. The Kier molecular flexibility index (Phi) is 2.25. The van der Waals surface area contributed by atoms with Gasteiger partial charge in [-0.1, -0.05) is 12.1 Å². The van der Waals surface area contributed by atoms with Gasteiger partial charge in [-0.15, -0.1) is 0 Å². The van der Waals surface area contributed by atoms with E-state index in [4.69, 9.17) is 4.74 Å². The molecule has 0 saturated heterocycles. The van der Waals surface area contributed by atoms with E-state index in [1.165, 1.54) is 12.7 Å². The molecule has 0 bridgehead atoms. The predicted molar refractivity (Wildman–Crippen MR) is 53.0 cm³/mol. The molecule has 3 nitrogen and oxygen atoms in total. The Morgan fingerprint density at radius 2 is 2.36 bits per heavy atom. The van der Waals surface area contributed by atoms with Gasteiger partial charge in [0.2, 0.25) is 0 Å². The van der Waals surface area contributed by atoms with Gasteiger partial charge in [0.25, 0.3) is 0 Å². The molecule has 0 aliphatic carbocycles. The molecule has 1 N–H and O–H groups in total. The van der Waals surface area contributed by atoms with Gasteiger partial charge in [-0.2, -0.15) is 0 Å². The molecule has 1 heterocycles. The highest BCUT2D eigenvalue weighted by Crippen LogP contribution is 2.28. The van der Waals surface area contributed by atoms with Crippen molar-refractivity contribution in [3.05, 3.63) is 34.9 Å². The third-order valence-electron chi connectivity index (χ3n) is 2.63. The van der Waals surface area contributed by atoms with Crippen molar-refractivity contribution in [3.8, 4) is 0 Å². The highest BCUT2D eigenvalue weighted by molar-refractivity contribution is 5.91. The van der Waals surface area contributed by atoms with Crippen LogP contribution >= 0.6 is 0 Å². The second kappa shape index (κ2) is 3.42. The van der Waals surface area contributed by atoms with Crippen molar-refractivity contribution in [2.75, 3.05) is 7.11 Å². The fourth-order valence-electron chi connectivity index (χ4n) is 1.93. The van der Waals surface area contributed by atoms with Crippen molar-refractivity contribution < 1.29 is 9.53 Å². The van der Waals surface area contributed by atoms with Crippen LogP contribution in [0.15, 0.2) is 18.2 Å². The average Bonchev–Trinajstić information content (AvgIpc) is 2.59. The summed E-state index contributed by atoms with van der Waals surface area (Å²) < 4.78 is 4.74. The summed E-state index contributed by atoms with van der Waals surface area (Å²) in [5.41, 5.74) is 2.96. The number of carbonyl (C=O) groups is 1. The number of rotatable bonds is 1. The molecule has 74 valence electrons. The molecule has 0 amide bonds. The van der Waals surface area contributed by atoms with Crippen molar-refractivity contribution in [2.45, 2.75) is 19.5 Å². The van der Waals surface area contributed by atoms with Gasteiger partial charge in [0.15, 0.2) is 0 Å². The Bertz CT molecular complexity index is 374. The first-order valence-electron chi connectivity index (χ1n) is 4.67. The van der Waals surface area contributed by atoms with Crippen LogP contribution in [0, 0.1) is 0 Å². The average molecular weight is 191 g/mol. The predicted octanol–water partition coefficient (Wildman–Crippen LogP) is 1.64. The van der Waals surface area contributed by atoms with Crippen LogP contribution in [0.25, 0.3) is 0 Å². The first-order valence-corrected chi connectivity index (χ1v) is 4.67. The zero-order chi connectivity index (χ0) is 10.1. The van der Waals surface area contributed by atoms with Gasteiger partial charge in [-0.3, -0.25) is 0 Å². The van der Waals surface area contributed by atoms with E-state index in [1.807, 2.05) is 18.2 Å². The zero-order valence-electron chi connectivity index (χ0n) is 8.33. The second-order valence-electron chi connectivity index (χ2n) is 3.47. The third kappa shape index (κ3) is 1.30. The van der Waals surface area contributed by atoms with E-state index in [0.717, 1.165) is 12.1 Å². The molecular formula is C11H13NO2. The summed E-state index contributed by atoms with van der Waals surface area (Å²) >= 11 is 0. The SMILES string of the molecule is COC(=O)c1cccc2c1[C@@H](C)NC2. The summed E-state index contributed by atoms with van der Waals surface area (Å²) in [6.45, 7) is 2.89. The van der Waals surface area contributed by atoms with E-state index in [9.17, 15) is 4.79 Å². The van der Waals surface area contributed by atoms with Crippen molar-refractivity contribution in [1.82, 2.24) is 5.32 Å². The van der Waals surface area contributed by atoms with Crippen LogP contribution in [0.4, 0.5) is 0 Å². The zero-order valence-corrected chi connectivity index (χ0v) is 8.33. The fourth-order valence-corrected chi connectivity index (χ4v) is 1.93. The van der Waals surface area contributed by atoms with E-state index in [0.29, 0.717) is 5.56 Å². The number of benzene rings is 1. The van der Waals surface area contributed by atoms with Gasteiger partial charge in [0.05, 0.1) is 12.7 Å². The Hall–Kier alpha value is -1.35. The molecule has 1 aliphatic rings. The lowest BCUT2D eigenvalue weighted by Gasteiger charge is -2.09. The molecule has 0 spiro atoms. The number of methoxy groups -OCH3 is 1. The van der Waals surface area contributed by atoms with E-state index in [1.54, 1.807) is 0 Å². The molecule has 1 aliphatic heterocycles. The Labute approximate surface area is 83.1 Å². The van der Waals surface area contributed by atoms with Gasteiger partial charge in [-0.05, 0) is 24.1 Å². The maximum atomic E-state index is 11.5. The normalized spacial score (nSPS) is 19.1. The highest BCUT2D eigenvalue weighted by atomic mass is 16.5. The molecule has 0 fully saturated rings. The van der Waals surface area contributed by atoms with E-state index < -0.39 is 0 Å². The van der Waals surface area contributed by atoms with Gasteiger partial charge < -0.3 is 10.1 Å². The molecule has 2 rings (SSSR count). The molecule has 1 aromatic rings. The summed E-state index contributed by atoms with van der Waals surface area (Å²) in [6.07, 6.45) is 0. The van der Waals surface area contributed by atoms with Crippen LogP contribution in [0.1, 0.15) is 34.5 Å². The number of carbonyl (C=O) groups excluding carboxylic acids is 1. The lowest BCUT2D eigenvalue weighted by Crippen LogP contribution is -2.11. The Balaban J connectivity index is 2.52. The molecule has 0 unspecified atom stereocenters. The quantitative estimate of drug-likeness (QED) is 0.686. The summed E-state index contributed by atoms with van der Waals surface area (Å²) in [5.74, 6) is -0.252. The molecule has 0 radical (unpaired) electrons.